The number of hydrogen-bond donors (Lipinski definition) is 0. The Morgan fingerprint density at radius 3 is 2.39 bits per heavy atom. The van der Waals surface area contributed by atoms with Gasteiger partial charge in [0.05, 0.1) is 32.7 Å². The van der Waals surface area contributed by atoms with Crippen molar-refractivity contribution in [3.63, 3.8) is 0 Å². The number of amides is 2. The first-order chi connectivity index (χ1) is 15.0. The number of fused-ring (bicyclic) bond motifs is 2. The van der Waals surface area contributed by atoms with E-state index in [0.717, 1.165) is 45.8 Å². The van der Waals surface area contributed by atoms with Crippen molar-refractivity contribution in [2.45, 2.75) is 35.8 Å². The lowest BCUT2D eigenvalue weighted by molar-refractivity contribution is -0.384. The molecule has 0 bridgehead atoms. The Kier molecular flexibility index (Phi) is 5.23. The Bertz CT molecular complexity index is 1170. The van der Waals surface area contributed by atoms with Crippen LogP contribution < -0.4 is 4.90 Å². The van der Waals surface area contributed by atoms with Crippen LogP contribution in [-0.4, -0.2) is 21.7 Å². The van der Waals surface area contributed by atoms with E-state index in [-0.39, 0.29) is 29.3 Å². The molecule has 0 spiro atoms. The highest BCUT2D eigenvalue weighted by Crippen LogP contribution is 2.41. The average Bonchev–Trinajstić information content (AvgIpc) is 3.30. The third kappa shape index (κ3) is 3.72. The van der Waals surface area contributed by atoms with Crippen LogP contribution in [0.2, 0.25) is 0 Å². The summed E-state index contributed by atoms with van der Waals surface area (Å²) in [6.07, 6.45) is 3.63. The number of nitrogens with zero attached hydrogens (tertiary/aromatic N) is 3. The first-order valence-corrected chi connectivity index (χ1v) is 12.0. The Morgan fingerprint density at radius 1 is 1.06 bits per heavy atom. The average molecular weight is 454 g/mol. The van der Waals surface area contributed by atoms with E-state index < -0.39 is 4.92 Å². The summed E-state index contributed by atoms with van der Waals surface area (Å²) in [7, 11) is 0. The van der Waals surface area contributed by atoms with Gasteiger partial charge >= 0.3 is 0 Å². The summed E-state index contributed by atoms with van der Waals surface area (Å²) in [5.74, 6) is 0.201. The van der Waals surface area contributed by atoms with Gasteiger partial charge in [-0.3, -0.25) is 24.6 Å². The fourth-order valence-electron chi connectivity index (χ4n) is 4.37. The van der Waals surface area contributed by atoms with Crippen molar-refractivity contribution in [1.29, 1.82) is 0 Å². The van der Waals surface area contributed by atoms with Gasteiger partial charge in [-0.2, -0.15) is 0 Å². The maximum Gasteiger partial charge on any atom is 0.269 e. The van der Waals surface area contributed by atoms with E-state index >= 15 is 0 Å². The van der Waals surface area contributed by atoms with E-state index in [1.807, 2.05) is 12.1 Å². The van der Waals surface area contributed by atoms with E-state index in [4.69, 9.17) is 0 Å². The summed E-state index contributed by atoms with van der Waals surface area (Å²) < 4.78 is 1.80. The molecule has 7 nitrogen and oxygen atoms in total. The maximum absolute atomic E-state index is 12.9. The van der Waals surface area contributed by atoms with Crippen LogP contribution in [0.4, 0.5) is 11.4 Å². The van der Waals surface area contributed by atoms with Crippen molar-refractivity contribution < 1.29 is 14.5 Å². The second-order valence-electron chi connectivity index (χ2n) is 7.85. The van der Waals surface area contributed by atoms with Gasteiger partial charge in [0.2, 0.25) is 11.8 Å². The number of carbonyl (C=O) groups excluding carboxylic acids is 2. The predicted octanol–water partition coefficient (Wildman–Crippen LogP) is 5.18. The molecular weight excluding hydrogens is 434 g/mol. The molecule has 1 saturated heterocycles. The summed E-state index contributed by atoms with van der Waals surface area (Å²) >= 11 is 3.08. The number of thiazole rings is 1. The summed E-state index contributed by atoms with van der Waals surface area (Å²) in [6.45, 7) is 0. The van der Waals surface area contributed by atoms with E-state index in [9.17, 15) is 19.7 Å². The number of thioether (sulfide) groups is 1. The molecule has 1 saturated carbocycles. The number of nitro benzene ring substituents is 1. The zero-order chi connectivity index (χ0) is 21.5. The summed E-state index contributed by atoms with van der Waals surface area (Å²) in [6, 6.07) is 12.1. The smallest absolute Gasteiger partial charge is 0.269 e. The zero-order valence-electron chi connectivity index (χ0n) is 16.5. The lowest BCUT2D eigenvalue weighted by Gasteiger charge is -2.19. The minimum absolute atomic E-state index is 0.0636. The van der Waals surface area contributed by atoms with Gasteiger partial charge in [0.25, 0.3) is 5.69 Å². The highest BCUT2D eigenvalue weighted by Gasteiger charge is 2.48. The molecule has 31 heavy (non-hydrogen) atoms. The quantitative estimate of drug-likeness (QED) is 0.229. The molecule has 9 heteroatoms. The topological polar surface area (TPSA) is 93.4 Å². The molecule has 1 aliphatic heterocycles. The molecule has 2 aliphatic rings. The van der Waals surface area contributed by atoms with Crippen LogP contribution in [0.1, 0.15) is 31.2 Å². The number of non-ortho nitro benzene ring substituents is 1. The van der Waals surface area contributed by atoms with Crippen LogP contribution in [0.5, 0.6) is 0 Å². The highest BCUT2D eigenvalue weighted by molar-refractivity contribution is 8.00. The van der Waals surface area contributed by atoms with E-state index in [1.165, 1.54) is 28.4 Å². The first-order valence-electron chi connectivity index (χ1n) is 10.2. The second kappa shape index (κ2) is 8.05. The van der Waals surface area contributed by atoms with Gasteiger partial charge in [-0.1, -0.05) is 36.7 Å². The van der Waals surface area contributed by atoms with Crippen molar-refractivity contribution in [2.24, 2.45) is 11.8 Å². The summed E-state index contributed by atoms with van der Waals surface area (Å²) in [5, 5.41) is 10.8. The van der Waals surface area contributed by atoms with Crippen molar-refractivity contribution in [2.75, 3.05) is 4.90 Å². The summed E-state index contributed by atoms with van der Waals surface area (Å²) in [5.41, 5.74) is 2.52. The number of anilines is 1. The zero-order valence-corrected chi connectivity index (χ0v) is 18.2. The predicted molar refractivity (Wildman–Crippen MR) is 120 cm³/mol. The number of hydrogen-bond acceptors (Lipinski definition) is 7. The molecule has 2 fully saturated rings. The Labute approximate surface area is 186 Å². The second-order valence-corrected chi connectivity index (χ2v) is 10.1. The third-order valence-electron chi connectivity index (χ3n) is 5.96. The highest BCUT2D eigenvalue weighted by atomic mass is 32.2. The minimum atomic E-state index is -0.410. The van der Waals surface area contributed by atoms with E-state index in [1.54, 1.807) is 30.0 Å². The van der Waals surface area contributed by atoms with Gasteiger partial charge in [-0.25, -0.2) is 4.98 Å². The third-order valence-corrected chi connectivity index (χ3v) is 8.19. The van der Waals surface area contributed by atoms with Crippen LogP contribution in [0, 0.1) is 22.0 Å². The fraction of sp³-hybridized carbons (Fsp3) is 0.318. The van der Waals surface area contributed by atoms with Gasteiger partial charge < -0.3 is 0 Å². The number of aromatic nitrogens is 1. The number of rotatable bonds is 5. The molecule has 5 rings (SSSR count). The van der Waals surface area contributed by atoms with Gasteiger partial charge in [-0.05, 0) is 36.6 Å². The molecule has 2 aromatic carbocycles. The van der Waals surface area contributed by atoms with Crippen LogP contribution in [0.15, 0.2) is 46.8 Å². The Morgan fingerprint density at radius 2 is 1.74 bits per heavy atom. The van der Waals surface area contributed by atoms with Gasteiger partial charge in [0.15, 0.2) is 4.34 Å². The van der Waals surface area contributed by atoms with Gasteiger partial charge in [0, 0.05) is 17.9 Å². The first kappa shape index (κ1) is 20.1. The van der Waals surface area contributed by atoms with Crippen molar-refractivity contribution in [1.82, 2.24) is 4.98 Å². The Hall–Kier alpha value is -2.78. The number of benzene rings is 2. The Balaban J connectivity index is 1.34. The number of carbonyl (C=O) groups is 2. The number of imide groups is 1. The van der Waals surface area contributed by atoms with Gasteiger partial charge in [-0.15, -0.1) is 11.3 Å². The van der Waals surface area contributed by atoms with Gasteiger partial charge in [0.1, 0.15) is 0 Å². The van der Waals surface area contributed by atoms with Crippen molar-refractivity contribution in [3.8, 4) is 0 Å². The summed E-state index contributed by atoms with van der Waals surface area (Å²) in [4.78, 5) is 42.1. The molecule has 0 radical (unpaired) electrons. The maximum atomic E-state index is 12.9. The molecule has 2 heterocycles. The monoisotopic (exact) mass is 453 g/mol. The molecular formula is C22H19N3O4S2. The lowest BCUT2D eigenvalue weighted by atomic mass is 9.81. The van der Waals surface area contributed by atoms with Crippen molar-refractivity contribution in [3.05, 3.63) is 58.1 Å². The molecule has 2 atom stereocenters. The van der Waals surface area contributed by atoms with E-state index in [0.29, 0.717) is 11.4 Å². The lowest BCUT2D eigenvalue weighted by Crippen LogP contribution is -2.30. The van der Waals surface area contributed by atoms with E-state index in [2.05, 4.69) is 4.98 Å². The molecule has 2 amide bonds. The largest absolute Gasteiger partial charge is 0.274 e. The minimum Gasteiger partial charge on any atom is -0.274 e. The van der Waals surface area contributed by atoms with Crippen LogP contribution >= 0.6 is 23.1 Å². The van der Waals surface area contributed by atoms with Crippen LogP contribution in [0.3, 0.4) is 0 Å². The molecule has 1 aromatic heterocycles. The molecule has 3 aromatic rings. The molecule has 0 N–H and O–H groups in total. The molecule has 1 aliphatic carbocycles. The SMILES string of the molecule is O=C1[C@H]2CCCC[C@@H]2C(=O)N1c1ccc2nc(SCc3ccc([N+](=O)[O-])cc3)sc2c1. The molecule has 0 unspecified atom stereocenters. The fourth-order valence-corrected chi connectivity index (χ4v) is 6.43. The number of nitro groups is 1. The normalized spacial score (nSPS) is 21.0. The molecule has 158 valence electrons. The van der Waals surface area contributed by atoms with Crippen molar-refractivity contribution >= 4 is 56.5 Å². The van der Waals surface area contributed by atoms with Crippen LogP contribution in [-0.2, 0) is 15.3 Å². The van der Waals surface area contributed by atoms with Crippen LogP contribution in [0.25, 0.3) is 10.2 Å². The standard InChI is InChI=1S/C22H19N3O4S2/c26-20-16-3-1-2-4-17(16)21(27)24(20)15-9-10-18-19(11-15)31-22(23-18)30-12-13-5-7-14(8-6-13)25(28)29/h5-11,16-17H,1-4,12H2/t16-,17-/m0/s1.